The molecule has 6 nitrogen and oxygen atoms in total. The van der Waals surface area contributed by atoms with Crippen LogP contribution in [0.3, 0.4) is 0 Å². The minimum Gasteiger partial charge on any atom is -0.462 e. The molecular formula is C49H74O6. The van der Waals surface area contributed by atoms with Crippen LogP contribution >= 0.6 is 0 Å². The van der Waals surface area contributed by atoms with Crippen molar-refractivity contribution in [1.29, 1.82) is 0 Å². The van der Waals surface area contributed by atoms with E-state index < -0.39 is 6.10 Å². The number of allylic oxidation sites excluding steroid dienone is 20. The van der Waals surface area contributed by atoms with Crippen LogP contribution in [0.5, 0.6) is 0 Å². The molecule has 0 radical (unpaired) electrons. The number of ether oxygens (including phenoxy) is 3. The molecule has 0 aromatic heterocycles. The van der Waals surface area contributed by atoms with Crippen molar-refractivity contribution in [2.45, 2.75) is 155 Å². The van der Waals surface area contributed by atoms with Gasteiger partial charge in [0.25, 0.3) is 0 Å². The van der Waals surface area contributed by atoms with Gasteiger partial charge in [0, 0.05) is 19.3 Å². The Balaban J connectivity index is 4.63. The molecule has 0 heterocycles. The van der Waals surface area contributed by atoms with Crippen LogP contribution < -0.4 is 0 Å². The lowest BCUT2D eigenvalue weighted by Gasteiger charge is -2.18. The number of hydrogen-bond acceptors (Lipinski definition) is 6. The first kappa shape index (κ1) is 50.8. The van der Waals surface area contributed by atoms with Gasteiger partial charge in [-0.3, -0.25) is 14.4 Å². The van der Waals surface area contributed by atoms with Gasteiger partial charge in [-0.15, -0.1) is 0 Å². The molecule has 0 aliphatic heterocycles. The van der Waals surface area contributed by atoms with E-state index in [9.17, 15) is 14.4 Å². The number of carbonyl (C=O) groups is 3. The summed E-state index contributed by atoms with van der Waals surface area (Å²) in [5.74, 6) is -1.07. The van der Waals surface area contributed by atoms with E-state index >= 15 is 0 Å². The minimum absolute atomic E-state index is 0.126. The van der Waals surface area contributed by atoms with Gasteiger partial charge in [0.1, 0.15) is 13.2 Å². The van der Waals surface area contributed by atoms with Crippen molar-refractivity contribution in [3.05, 3.63) is 122 Å². The van der Waals surface area contributed by atoms with E-state index in [0.717, 1.165) is 70.6 Å². The van der Waals surface area contributed by atoms with E-state index in [2.05, 4.69) is 51.2 Å². The van der Waals surface area contributed by atoms with Crippen molar-refractivity contribution in [3.63, 3.8) is 0 Å². The molecule has 0 spiro atoms. The molecule has 0 saturated heterocycles. The summed E-state index contributed by atoms with van der Waals surface area (Å²) >= 11 is 0. The summed E-state index contributed by atoms with van der Waals surface area (Å²) in [6.45, 7) is 6.15. The first-order valence-electron chi connectivity index (χ1n) is 21.2. The van der Waals surface area contributed by atoms with Gasteiger partial charge >= 0.3 is 17.9 Å². The molecule has 0 N–H and O–H groups in total. The number of esters is 3. The Morgan fingerprint density at radius 1 is 0.382 bits per heavy atom. The zero-order chi connectivity index (χ0) is 40.1. The highest BCUT2D eigenvalue weighted by molar-refractivity contribution is 5.71. The lowest BCUT2D eigenvalue weighted by Crippen LogP contribution is -2.30. The van der Waals surface area contributed by atoms with Crippen LogP contribution in [0.1, 0.15) is 149 Å². The quantitative estimate of drug-likeness (QED) is 0.0210. The highest BCUT2D eigenvalue weighted by atomic mass is 16.6. The second-order valence-electron chi connectivity index (χ2n) is 13.3. The van der Waals surface area contributed by atoms with Crippen LogP contribution in [0.25, 0.3) is 0 Å². The average molecular weight is 759 g/mol. The highest BCUT2D eigenvalue weighted by Crippen LogP contribution is 2.11. The predicted molar refractivity (Wildman–Crippen MR) is 233 cm³/mol. The molecular weight excluding hydrogens is 685 g/mol. The zero-order valence-electron chi connectivity index (χ0n) is 34.6. The number of unbranched alkanes of at least 4 members (excludes halogenated alkanes) is 11. The first-order valence-corrected chi connectivity index (χ1v) is 21.2. The van der Waals surface area contributed by atoms with E-state index in [1.165, 1.54) is 25.7 Å². The van der Waals surface area contributed by atoms with E-state index in [4.69, 9.17) is 14.2 Å². The Hall–Kier alpha value is -4.19. The third-order valence-electron chi connectivity index (χ3n) is 8.15. The van der Waals surface area contributed by atoms with Crippen LogP contribution in [0.15, 0.2) is 122 Å². The predicted octanol–water partition coefficient (Wildman–Crippen LogP) is 13.4. The van der Waals surface area contributed by atoms with Crippen molar-refractivity contribution < 1.29 is 28.6 Å². The van der Waals surface area contributed by atoms with Crippen molar-refractivity contribution in [2.75, 3.05) is 13.2 Å². The maximum absolute atomic E-state index is 12.7. The Bertz CT molecular complexity index is 1240. The molecule has 0 aromatic rings. The van der Waals surface area contributed by atoms with Gasteiger partial charge in [0.2, 0.25) is 0 Å². The van der Waals surface area contributed by atoms with Gasteiger partial charge in [-0.2, -0.15) is 0 Å². The average Bonchev–Trinajstić information content (AvgIpc) is 3.18. The molecule has 0 fully saturated rings. The molecule has 1 atom stereocenters. The molecule has 306 valence electrons. The molecule has 0 rings (SSSR count). The van der Waals surface area contributed by atoms with Crippen LogP contribution in [0, 0.1) is 0 Å². The summed E-state index contributed by atoms with van der Waals surface area (Å²) in [6.07, 6.45) is 57.6. The topological polar surface area (TPSA) is 78.9 Å². The van der Waals surface area contributed by atoms with Gasteiger partial charge in [-0.1, -0.05) is 181 Å². The lowest BCUT2D eigenvalue weighted by molar-refractivity contribution is -0.167. The van der Waals surface area contributed by atoms with Gasteiger partial charge in [-0.05, 0) is 70.6 Å². The van der Waals surface area contributed by atoms with E-state index in [1.807, 2.05) is 91.1 Å². The van der Waals surface area contributed by atoms with Gasteiger partial charge in [-0.25, -0.2) is 0 Å². The Kier molecular flexibility index (Phi) is 39.3. The summed E-state index contributed by atoms with van der Waals surface area (Å²) in [7, 11) is 0. The summed E-state index contributed by atoms with van der Waals surface area (Å²) in [5, 5.41) is 0. The van der Waals surface area contributed by atoms with Gasteiger partial charge in [0.05, 0.1) is 0 Å². The molecule has 0 aliphatic rings. The summed E-state index contributed by atoms with van der Waals surface area (Å²) < 4.78 is 16.5. The Morgan fingerprint density at radius 3 is 1.25 bits per heavy atom. The van der Waals surface area contributed by atoms with E-state index in [0.29, 0.717) is 19.3 Å². The maximum Gasteiger partial charge on any atom is 0.306 e. The fourth-order valence-corrected chi connectivity index (χ4v) is 4.99. The van der Waals surface area contributed by atoms with Crippen LogP contribution in [-0.2, 0) is 28.6 Å². The third kappa shape index (κ3) is 40.8. The second kappa shape index (κ2) is 42.6. The monoisotopic (exact) mass is 759 g/mol. The highest BCUT2D eigenvalue weighted by Gasteiger charge is 2.19. The van der Waals surface area contributed by atoms with Crippen LogP contribution in [0.2, 0.25) is 0 Å². The molecule has 0 bridgehead atoms. The normalized spacial score (nSPS) is 13.3. The SMILES string of the molecule is CC\C=C/C=C\C=C/C=C\C=C/CCCC(=O)OCC(COC(=O)CCCCCCC/C=C\CCCC)OC(=O)CCCCC\C=C/C=C\C=C/C=C\CC. The van der Waals surface area contributed by atoms with Crippen molar-refractivity contribution in [2.24, 2.45) is 0 Å². The fraction of sp³-hybridized carbons (Fsp3) is 0.531. The molecule has 55 heavy (non-hydrogen) atoms. The van der Waals surface area contributed by atoms with Crippen molar-refractivity contribution >= 4 is 17.9 Å². The molecule has 0 aliphatic carbocycles. The fourth-order valence-electron chi connectivity index (χ4n) is 4.99. The van der Waals surface area contributed by atoms with Crippen LogP contribution in [-0.4, -0.2) is 37.2 Å². The number of carbonyl (C=O) groups excluding carboxylic acids is 3. The standard InChI is InChI=1S/C49H74O6/c1-4-7-10-13-16-19-22-24-27-30-33-36-39-42-48(51)54-45-46(44-53-47(50)41-38-35-32-29-26-21-18-15-12-9-6-3)55-49(52)43-40-37-34-31-28-25-23-20-17-14-11-8-5-2/h7-8,10-11,13-20,22-25,27-28,30,33,46H,4-6,9,12,21,26,29,31-32,34-45H2,1-3H3/b10-7-,11-8-,16-13-,17-14-,18-15-,22-19-,23-20-,27-24-,28-25-,33-30-. The first-order chi connectivity index (χ1) is 27.0. The Morgan fingerprint density at radius 2 is 0.745 bits per heavy atom. The molecule has 1 unspecified atom stereocenters. The van der Waals surface area contributed by atoms with E-state index in [-0.39, 0.29) is 44.0 Å². The molecule has 0 amide bonds. The number of rotatable bonds is 35. The lowest BCUT2D eigenvalue weighted by atomic mass is 10.1. The molecule has 0 aromatic carbocycles. The maximum atomic E-state index is 12.7. The summed E-state index contributed by atoms with van der Waals surface area (Å²) in [6, 6.07) is 0. The smallest absolute Gasteiger partial charge is 0.306 e. The van der Waals surface area contributed by atoms with Crippen molar-refractivity contribution in [1.82, 2.24) is 0 Å². The summed E-state index contributed by atoms with van der Waals surface area (Å²) in [4.78, 5) is 37.6. The van der Waals surface area contributed by atoms with E-state index in [1.54, 1.807) is 0 Å². The Labute approximate surface area is 335 Å². The van der Waals surface area contributed by atoms with Crippen molar-refractivity contribution in [3.8, 4) is 0 Å². The summed E-state index contributed by atoms with van der Waals surface area (Å²) in [5.41, 5.74) is 0. The van der Waals surface area contributed by atoms with Gasteiger partial charge < -0.3 is 14.2 Å². The van der Waals surface area contributed by atoms with Gasteiger partial charge in [0.15, 0.2) is 6.10 Å². The second-order valence-corrected chi connectivity index (χ2v) is 13.3. The molecule has 0 saturated carbocycles. The third-order valence-corrected chi connectivity index (χ3v) is 8.15. The van der Waals surface area contributed by atoms with Crippen LogP contribution in [0.4, 0.5) is 0 Å². The molecule has 6 heteroatoms. The number of hydrogen-bond donors (Lipinski definition) is 0. The largest absolute Gasteiger partial charge is 0.462 e. The minimum atomic E-state index is -0.831. The zero-order valence-corrected chi connectivity index (χ0v) is 34.6.